The summed E-state index contributed by atoms with van der Waals surface area (Å²) in [4.78, 5) is 0. The molecule has 1 unspecified atom stereocenters. The molecule has 0 aromatic heterocycles. The van der Waals surface area contributed by atoms with Crippen molar-refractivity contribution in [2.45, 2.75) is 25.8 Å². The molecule has 0 radical (unpaired) electrons. The topological polar surface area (TPSA) is 49.4 Å². The predicted molar refractivity (Wildman–Crippen MR) is 62.3 cm³/mol. The number of hydrogen-bond donors (Lipinski definition) is 1. The summed E-state index contributed by atoms with van der Waals surface area (Å²) in [6.45, 7) is 6.90. The zero-order chi connectivity index (χ0) is 11.5. The van der Waals surface area contributed by atoms with Crippen LogP contribution in [0.3, 0.4) is 0 Å². The summed E-state index contributed by atoms with van der Waals surface area (Å²) in [5, 5.41) is 3.19. The van der Waals surface area contributed by atoms with Crippen LogP contribution in [-0.4, -0.2) is 44.7 Å². The first kappa shape index (κ1) is 12.7. The van der Waals surface area contributed by atoms with Gasteiger partial charge in [-0.1, -0.05) is 12.2 Å². The van der Waals surface area contributed by atoms with E-state index in [4.69, 9.17) is 0 Å². The van der Waals surface area contributed by atoms with Gasteiger partial charge in [0.1, 0.15) is 0 Å². The lowest BCUT2D eigenvalue weighted by molar-refractivity contribution is 0.483. The Kier molecular flexibility index (Phi) is 4.31. The molecule has 0 aliphatic carbocycles. The van der Waals surface area contributed by atoms with Crippen LogP contribution in [0, 0.1) is 0 Å². The van der Waals surface area contributed by atoms with Gasteiger partial charge in [-0.05, 0) is 26.3 Å². The van der Waals surface area contributed by atoms with E-state index in [0.717, 1.165) is 25.0 Å². The smallest absolute Gasteiger partial charge is 0.215 e. The van der Waals surface area contributed by atoms with Crippen LogP contribution in [0.25, 0.3) is 0 Å². The monoisotopic (exact) mass is 232 g/mol. The van der Waals surface area contributed by atoms with E-state index in [1.54, 1.807) is 7.05 Å². The molecule has 1 rings (SSSR count). The quantitative estimate of drug-likeness (QED) is 0.705. The third-order valence-electron chi connectivity index (χ3n) is 2.54. The van der Waals surface area contributed by atoms with Gasteiger partial charge in [-0.3, -0.25) is 0 Å². The van der Waals surface area contributed by atoms with Crippen molar-refractivity contribution in [2.75, 3.05) is 25.9 Å². The standard InChI is InChI=1S/C10H20N2O2S/c1-9(2)7-12(3)15(13,14)8-10-5-4-6-11-10/h10-11H,1,4-8H2,2-3H3. The Hall–Kier alpha value is -0.390. The van der Waals surface area contributed by atoms with E-state index in [-0.39, 0.29) is 11.8 Å². The van der Waals surface area contributed by atoms with Gasteiger partial charge in [0.05, 0.1) is 5.75 Å². The van der Waals surface area contributed by atoms with E-state index >= 15 is 0 Å². The van der Waals surface area contributed by atoms with Gasteiger partial charge in [-0.15, -0.1) is 0 Å². The number of nitrogens with one attached hydrogen (secondary N) is 1. The number of sulfonamides is 1. The third kappa shape index (κ3) is 3.93. The van der Waals surface area contributed by atoms with Gasteiger partial charge < -0.3 is 5.32 Å². The summed E-state index contributed by atoms with van der Waals surface area (Å²) in [7, 11) is -1.52. The minimum absolute atomic E-state index is 0.127. The van der Waals surface area contributed by atoms with Crippen LogP contribution in [-0.2, 0) is 10.0 Å². The molecule has 0 bridgehead atoms. The molecule has 5 heteroatoms. The van der Waals surface area contributed by atoms with Crippen LogP contribution in [0.4, 0.5) is 0 Å². The maximum atomic E-state index is 11.9. The van der Waals surface area contributed by atoms with Crippen molar-refractivity contribution < 1.29 is 8.42 Å². The maximum Gasteiger partial charge on any atom is 0.215 e. The molecule has 1 fully saturated rings. The van der Waals surface area contributed by atoms with Gasteiger partial charge in [0.2, 0.25) is 10.0 Å². The highest BCUT2D eigenvalue weighted by Crippen LogP contribution is 2.10. The Labute approximate surface area is 92.4 Å². The first-order valence-electron chi connectivity index (χ1n) is 5.23. The highest BCUT2D eigenvalue weighted by molar-refractivity contribution is 7.89. The van der Waals surface area contributed by atoms with Gasteiger partial charge >= 0.3 is 0 Å². The molecule has 15 heavy (non-hydrogen) atoms. The summed E-state index contributed by atoms with van der Waals surface area (Å²) in [5.74, 6) is 0.205. The maximum absolute atomic E-state index is 11.9. The molecule has 0 aromatic rings. The SMILES string of the molecule is C=C(C)CN(C)S(=O)(=O)CC1CCCN1. The van der Waals surface area contributed by atoms with E-state index < -0.39 is 10.0 Å². The van der Waals surface area contributed by atoms with Crippen LogP contribution in [0.15, 0.2) is 12.2 Å². The number of hydrogen-bond acceptors (Lipinski definition) is 3. The van der Waals surface area contributed by atoms with E-state index in [9.17, 15) is 8.42 Å². The number of nitrogens with zero attached hydrogens (tertiary/aromatic N) is 1. The van der Waals surface area contributed by atoms with Crippen LogP contribution in [0.2, 0.25) is 0 Å². The molecule has 88 valence electrons. The summed E-state index contributed by atoms with van der Waals surface area (Å²) in [5.41, 5.74) is 0.862. The lowest BCUT2D eigenvalue weighted by Crippen LogP contribution is -2.38. The Morgan fingerprint density at radius 3 is 2.73 bits per heavy atom. The second-order valence-electron chi connectivity index (χ2n) is 4.28. The largest absolute Gasteiger partial charge is 0.313 e. The third-order valence-corrected chi connectivity index (χ3v) is 4.44. The Bertz CT molecular complexity index is 318. The molecular formula is C10H20N2O2S. The fraction of sp³-hybridized carbons (Fsp3) is 0.800. The van der Waals surface area contributed by atoms with E-state index in [1.807, 2.05) is 6.92 Å². The lowest BCUT2D eigenvalue weighted by atomic mass is 10.3. The van der Waals surface area contributed by atoms with Gasteiger partial charge in [0, 0.05) is 19.6 Å². The van der Waals surface area contributed by atoms with Gasteiger partial charge in [-0.25, -0.2) is 12.7 Å². The Balaban J connectivity index is 2.53. The molecule has 1 N–H and O–H groups in total. The van der Waals surface area contributed by atoms with Crippen LogP contribution in [0.1, 0.15) is 19.8 Å². The number of rotatable bonds is 5. The van der Waals surface area contributed by atoms with Gasteiger partial charge in [-0.2, -0.15) is 0 Å². The zero-order valence-electron chi connectivity index (χ0n) is 9.49. The molecule has 1 aliphatic heterocycles. The fourth-order valence-electron chi connectivity index (χ4n) is 1.76. The minimum atomic E-state index is -3.13. The van der Waals surface area contributed by atoms with Gasteiger partial charge in [0.25, 0.3) is 0 Å². The van der Waals surface area contributed by atoms with Crippen molar-refractivity contribution in [3.63, 3.8) is 0 Å². The normalized spacial score (nSPS) is 22.2. The summed E-state index contributed by atoms with van der Waals surface area (Å²) < 4.78 is 25.1. The molecule has 0 saturated carbocycles. The molecule has 0 spiro atoms. The highest BCUT2D eigenvalue weighted by atomic mass is 32.2. The second-order valence-corrected chi connectivity index (χ2v) is 6.41. The van der Waals surface area contributed by atoms with Crippen molar-refractivity contribution in [3.05, 3.63) is 12.2 Å². The molecule has 1 atom stereocenters. The Morgan fingerprint density at radius 1 is 1.60 bits per heavy atom. The minimum Gasteiger partial charge on any atom is -0.313 e. The molecule has 1 saturated heterocycles. The second kappa shape index (κ2) is 5.09. The summed E-state index contributed by atoms with van der Waals surface area (Å²) in [6, 6.07) is 0.127. The number of likely N-dealkylation sites (N-methyl/N-ethyl adjacent to an activating group) is 1. The highest BCUT2D eigenvalue weighted by Gasteiger charge is 2.25. The summed E-state index contributed by atoms with van der Waals surface area (Å²) in [6.07, 6.45) is 2.03. The molecule has 1 aliphatic rings. The fourth-order valence-corrected chi connectivity index (χ4v) is 3.22. The lowest BCUT2D eigenvalue weighted by Gasteiger charge is -2.19. The predicted octanol–water partition coefficient (Wildman–Crippen LogP) is 0.576. The van der Waals surface area contributed by atoms with E-state index in [2.05, 4.69) is 11.9 Å². The van der Waals surface area contributed by atoms with Crippen molar-refractivity contribution in [3.8, 4) is 0 Å². The first-order chi connectivity index (χ1) is 6.92. The molecule has 4 nitrogen and oxygen atoms in total. The van der Waals surface area contributed by atoms with Crippen LogP contribution in [0.5, 0.6) is 0 Å². The zero-order valence-corrected chi connectivity index (χ0v) is 10.3. The molecular weight excluding hydrogens is 212 g/mol. The van der Waals surface area contributed by atoms with Crippen LogP contribution >= 0.6 is 0 Å². The van der Waals surface area contributed by atoms with E-state index in [1.165, 1.54) is 4.31 Å². The van der Waals surface area contributed by atoms with Crippen molar-refractivity contribution in [1.82, 2.24) is 9.62 Å². The average Bonchev–Trinajstić information content (AvgIpc) is 2.54. The first-order valence-corrected chi connectivity index (χ1v) is 6.84. The van der Waals surface area contributed by atoms with E-state index in [0.29, 0.717) is 6.54 Å². The summed E-state index contributed by atoms with van der Waals surface area (Å²) >= 11 is 0. The molecule has 1 heterocycles. The van der Waals surface area contributed by atoms with Crippen molar-refractivity contribution in [1.29, 1.82) is 0 Å². The van der Waals surface area contributed by atoms with Gasteiger partial charge in [0.15, 0.2) is 0 Å². The van der Waals surface area contributed by atoms with Crippen molar-refractivity contribution >= 4 is 10.0 Å². The molecule has 0 amide bonds. The van der Waals surface area contributed by atoms with Crippen molar-refractivity contribution in [2.24, 2.45) is 0 Å². The Morgan fingerprint density at radius 2 is 2.27 bits per heavy atom. The average molecular weight is 232 g/mol. The van der Waals surface area contributed by atoms with Crippen LogP contribution < -0.4 is 5.32 Å². The molecule has 0 aromatic carbocycles.